The van der Waals surface area contributed by atoms with E-state index in [0.717, 1.165) is 0 Å². The van der Waals surface area contributed by atoms with Crippen LogP contribution in [0.4, 0.5) is 11.4 Å². The molecule has 1 aromatic heterocycles. The zero-order chi connectivity index (χ0) is 22.6. The van der Waals surface area contributed by atoms with Gasteiger partial charge in [0.05, 0.1) is 9.82 Å². The minimum Gasteiger partial charge on any atom is -0.457 e. The number of carbonyl (C=O) groups is 1. The minimum atomic E-state index is -3.82. The summed E-state index contributed by atoms with van der Waals surface area (Å²) in [5.41, 5.74) is 0.239. The van der Waals surface area contributed by atoms with E-state index in [1.165, 1.54) is 60.7 Å². The third-order valence-electron chi connectivity index (χ3n) is 4.06. The maximum atomic E-state index is 12.4. The van der Waals surface area contributed by atoms with Gasteiger partial charge in [-0.25, -0.2) is 13.6 Å². The summed E-state index contributed by atoms with van der Waals surface area (Å²) in [6, 6.07) is 15.8. The monoisotopic (exact) mass is 438 g/mol. The summed E-state index contributed by atoms with van der Waals surface area (Å²) in [5, 5.41) is 27.6. The van der Waals surface area contributed by atoms with Gasteiger partial charge in [0.15, 0.2) is 0 Å². The van der Waals surface area contributed by atoms with Crippen molar-refractivity contribution in [3.05, 3.63) is 82.1 Å². The summed E-state index contributed by atoms with van der Waals surface area (Å²) in [6.07, 6.45) is 1.22. The Morgan fingerprint density at radius 1 is 1.16 bits per heavy atom. The zero-order valence-corrected chi connectivity index (χ0v) is 16.5. The van der Waals surface area contributed by atoms with Crippen molar-refractivity contribution in [1.29, 1.82) is 5.26 Å². The van der Waals surface area contributed by atoms with Crippen LogP contribution in [-0.2, 0) is 14.8 Å². The molecule has 1 heterocycles. The summed E-state index contributed by atoms with van der Waals surface area (Å²) in [5.74, 6) is -0.182. The van der Waals surface area contributed by atoms with E-state index in [4.69, 9.17) is 9.56 Å². The number of nitro groups is 1. The molecule has 0 bridgehead atoms. The van der Waals surface area contributed by atoms with Crippen LogP contribution in [0.1, 0.15) is 5.76 Å². The fourth-order valence-electron chi connectivity index (χ4n) is 2.58. The van der Waals surface area contributed by atoms with E-state index >= 15 is 0 Å². The second-order valence-electron chi connectivity index (χ2n) is 6.20. The first-order valence-corrected chi connectivity index (χ1v) is 10.1. The maximum Gasteiger partial charge on any atom is 0.271 e. The average molecular weight is 438 g/mol. The van der Waals surface area contributed by atoms with Gasteiger partial charge in [-0.1, -0.05) is 6.07 Å². The van der Waals surface area contributed by atoms with Gasteiger partial charge in [-0.15, -0.1) is 0 Å². The normalized spacial score (nSPS) is 11.5. The molecule has 0 atom stereocenters. The molecule has 0 aliphatic heterocycles. The van der Waals surface area contributed by atoms with Crippen molar-refractivity contribution in [2.24, 2.45) is 5.14 Å². The first-order valence-electron chi connectivity index (χ1n) is 8.58. The van der Waals surface area contributed by atoms with Crippen LogP contribution in [0.5, 0.6) is 0 Å². The van der Waals surface area contributed by atoms with Crippen molar-refractivity contribution in [2.75, 3.05) is 5.32 Å². The highest BCUT2D eigenvalue weighted by molar-refractivity contribution is 7.89. The molecule has 3 N–H and O–H groups in total. The Morgan fingerprint density at radius 2 is 1.87 bits per heavy atom. The Labute approximate surface area is 176 Å². The molecule has 0 aliphatic rings. The van der Waals surface area contributed by atoms with E-state index in [9.17, 15) is 28.6 Å². The maximum absolute atomic E-state index is 12.4. The first-order chi connectivity index (χ1) is 14.7. The van der Waals surface area contributed by atoms with E-state index in [1.54, 1.807) is 12.1 Å². The number of anilines is 1. The SMILES string of the molecule is N#C/C(=C\c1ccc(-c2ccc(S(N)(=O)=O)cc2)o1)C(=O)Nc1cccc([N+](=O)[O-])c1. The van der Waals surface area contributed by atoms with Crippen LogP contribution in [0.2, 0.25) is 0 Å². The number of amides is 1. The van der Waals surface area contributed by atoms with E-state index in [0.29, 0.717) is 11.3 Å². The van der Waals surface area contributed by atoms with Gasteiger partial charge in [-0.05, 0) is 42.5 Å². The van der Waals surface area contributed by atoms with Crippen LogP contribution in [0.25, 0.3) is 17.4 Å². The number of carbonyl (C=O) groups excluding carboxylic acids is 1. The summed E-state index contributed by atoms with van der Waals surface area (Å²) in [4.78, 5) is 22.5. The Morgan fingerprint density at radius 3 is 2.48 bits per heavy atom. The molecule has 2 aromatic carbocycles. The molecule has 156 valence electrons. The highest BCUT2D eigenvalue weighted by atomic mass is 32.2. The lowest BCUT2D eigenvalue weighted by Gasteiger charge is -2.03. The molecular weight excluding hydrogens is 424 g/mol. The van der Waals surface area contributed by atoms with E-state index < -0.39 is 20.9 Å². The third kappa shape index (κ3) is 5.21. The molecule has 0 aliphatic carbocycles. The minimum absolute atomic E-state index is 0.0486. The van der Waals surface area contributed by atoms with E-state index in [2.05, 4.69) is 5.32 Å². The van der Waals surface area contributed by atoms with Gasteiger partial charge in [-0.3, -0.25) is 14.9 Å². The van der Waals surface area contributed by atoms with Gasteiger partial charge in [0.1, 0.15) is 23.2 Å². The van der Waals surface area contributed by atoms with E-state index in [1.807, 2.05) is 0 Å². The average Bonchev–Trinajstić information content (AvgIpc) is 3.20. The molecule has 0 spiro atoms. The molecule has 3 aromatic rings. The fraction of sp³-hybridized carbons (Fsp3) is 0. The smallest absolute Gasteiger partial charge is 0.271 e. The highest BCUT2D eigenvalue weighted by Gasteiger charge is 2.14. The zero-order valence-electron chi connectivity index (χ0n) is 15.7. The summed E-state index contributed by atoms with van der Waals surface area (Å²) >= 11 is 0. The predicted molar refractivity (Wildman–Crippen MR) is 111 cm³/mol. The molecule has 10 nitrogen and oxygen atoms in total. The molecule has 0 unspecified atom stereocenters. The molecule has 1 amide bonds. The lowest BCUT2D eigenvalue weighted by Crippen LogP contribution is -2.13. The number of nitro benzene ring substituents is 1. The lowest BCUT2D eigenvalue weighted by molar-refractivity contribution is -0.384. The lowest BCUT2D eigenvalue weighted by atomic mass is 10.2. The third-order valence-corrected chi connectivity index (χ3v) is 4.99. The van der Waals surface area contributed by atoms with Gasteiger partial charge in [0, 0.05) is 29.5 Å². The number of nitrogens with two attached hydrogens (primary N) is 1. The highest BCUT2D eigenvalue weighted by Crippen LogP contribution is 2.25. The number of nitriles is 1. The van der Waals surface area contributed by atoms with Crippen LogP contribution < -0.4 is 10.5 Å². The Balaban J connectivity index is 1.80. The molecule has 31 heavy (non-hydrogen) atoms. The number of furan rings is 1. The van der Waals surface area contributed by atoms with Crippen LogP contribution in [-0.4, -0.2) is 19.2 Å². The number of nitrogens with zero attached hydrogens (tertiary/aromatic N) is 2. The van der Waals surface area contributed by atoms with Gasteiger partial charge >= 0.3 is 0 Å². The molecular formula is C20H14N4O6S. The number of nitrogens with one attached hydrogen (secondary N) is 1. The van der Waals surface area contributed by atoms with Crippen molar-refractivity contribution >= 4 is 33.4 Å². The number of hydrogen-bond acceptors (Lipinski definition) is 7. The molecule has 0 saturated heterocycles. The van der Waals surface area contributed by atoms with Crippen LogP contribution in [0.15, 0.2) is 75.5 Å². The number of rotatable bonds is 6. The summed E-state index contributed by atoms with van der Waals surface area (Å²) in [7, 11) is -3.82. The quantitative estimate of drug-likeness (QED) is 0.258. The molecule has 3 rings (SSSR count). The van der Waals surface area contributed by atoms with Gasteiger partial charge in [-0.2, -0.15) is 5.26 Å². The van der Waals surface area contributed by atoms with Crippen LogP contribution >= 0.6 is 0 Å². The summed E-state index contributed by atoms with van der Waals surface area (Å²) < 4.78 is 28.3. The molecule has 0 saturated carbocycles. The van der Waals surface area contributed by atoms with Crippen LogP contribution in [0.3, 0.4) is 0 Å². The van der Waals surface area contributed by atoms with Crippen molar-refractivity contribution in [2.45, 2.75) is 4.90 Å². The predicted octanol–water partition coefficient (Wildman–Crippen LogP) is 3.05. The molecule has 0 fully saturated rings. The van der Waals surface area contributed by atoms with Crippen molar-refractivity contribution in [3.63, 3.8) is 0 Å². The molecule has 11 heteroatoms. The number of benzene rings is 2. The number of sulfonamides is 1. The number of primary sulfonamides is 1. The van der Waals surface area contributed by atoms with Gasteiger partial charge in [0.2, 0.25) is 10.0 Å². The Hall–Kier alpha value is -4.27. The number of hydrogen-bond donors (Lipinski definition) is 2. The van der Waals surface area contributed by atoms with E-state index in [-0.39, 0.29) is 27.6 Å². The van der Waals surface area contributed by atoms with Crippen molar-refractivity contribution in [3.8, 4) is 17.4 Å². The Bertz CT molecular complexity index is 1330. The number of non-ortho nitro benzene ring substituents is 1. The van der Waals surface area contributed by atoms with Crippen molar-refractivity contribution in [1.82, 2.24) is 0 Å². The summed E-state index contributed by atoms with van der Waals surface area (Å²) in [6.45, 7) is 0. The van der Waals surface area contributed by atoms with Crippen LogP contribution in [0, 0.1) is 21.4 Å². The largest absolute Gasteiger partial charge is 0.457 e. The fourth-order valence-corrected chi connectivity index (χ4v) is 3.10. The van der Waals surface area contributed by atoms with Crippen molar-refractivity contribution < 1.29 is 22.6 Å². The topological polar surface area (TPSA) is 169 Å². The van der Waals surface area contributed by atoms with Gasteiger partial charge in [0.25, 0.3) is 11.6 Å². The standard InChI is InChI=1S/C20H14N4O6S/c21-12-14(20(25)23-15-2-1-3-16(11-15)24(26)27)10-17-6-9-19(30-17)13-4-7-18(8-5-13)31(22,28)29/h1-11H,(H,23,25)(H2,22,28,29)/b14-10+. The van der Waals surface area contributed by atoms with Gasteiger partial charge < -0.3 is 9.73 Å². The Kier molecular flexibility index (Phi) is 5.96. The second kappa shape index (κ2) is 8.62. The second-order valence-corrected chi connectivity index (χ2v) is 7.76. The molecule has 0 radical (unpaired) electrons. The first kappa shape index (κ1) is 21.4.